The van der Waals surface area contributed by atoms with E-state index in [9.17, 15) is 19.8 Å². The van der Waals surface area contributed by atoms with Crippen molar-refractivity contribution >= 4 is 11.6 Å². The largest absolute Gasteiger partial charge is 0.504 e. The Bertz CT molecular complexity index is 1150. The van der Waals surface area contributed by atoms with E-state index in [2.05, 4.69) is 34.6 Å². The summed E-state index contributed by atoms with van der Waals surface area (Å²) >= 11 is 0. The molecule has 0 aromatic carbocycles. The molecule has 6 unspecified atom stereocenters. The lowest BCUT2D eigenvalue weighted by Crippen LogP contribution is -2.52. The van der Waals surface area contributed by atoms with E-state index in [0.717, 1.165) is 49.7 Å². The van der Waals surface area contributed by atoms with Crippen molar-refractivity contribution in [2.24, 2.45) is 45.3 Å². The minimum atomic E-state index is -0.886. The van der Waals surface area contributed by atoms with Gasteiger partial charge in [-0.05, 0) is 71.8 Å². The smallest absolute Gasteiger partial charge is 0.224 e. The molecule has 0 saturated heterocycles. The third kappa shape index (κ3) is 2.22. The molecule has 4 heteroatoms. The first-order valence-electron chi connectivity index (χ1n) is 13.5. The highest BCUT2D eigenvalue weighted by Gasteiger charge is 2.77. The number of allylic oxidation sites excluding steroid dienone is 3. The lowest BCUT2D eigenvalue weighted by molar-refractivity contribution is -0.133. The topological polar surface area (TPSA) is 74.6 Å². The Kier molecular flexibility index (Phi) is 4.25. The number of rotatable bonds is 2. The zero-order chi connectivity index (χ0) is 24.7. The normalized spacial score (nSPS) is 44.5. The molecule has 0 heterocycles. The van der Waals surface area contributed by atoms with Crippen molar-refractivity contribution in [3.8, 4) is 0 Å². The van der Waals surface area contributed by atoms with E-state index in [1.54, 1.807) is 0 Å². The van der Waals surface area contributed by atoms with Crippen molar-refractivity contribution < 1.29 is 19.8 Å². The fraction of sp³-hybridized carbons (Fsp3) is 0.733. The average Bonchev–Trinajstić information content (AvgIpc) is 3.31. The van der Waals surface area contributed by atoms with Gasteiger partial charge in [-0.3, -0.25) is 9.59 Å². The summed E-state index contributed by atoms with van der Waals surface area (Å²) in [6, 6.07) is 0. The lowest BCUT2D eigenvalue weighted by Gasteiger charge is -2.54. The van der Waals surface area contributed by atoms with Crippen LogP contribution in [0.1, 0.15) is 87.0 Å². The molecule has 0 aromatic heterocycles. The summed E-state index contributed by atoms with van der Waals surface area (Å²) in [5.74, 6) is 0.0121. The summed E-state index contributed by atoms with van der Waals surface area (Å²) < 4.78 is 0. The maximum Gasteiger partial charge on any atom is 0.224 e. The number of fused-ring (bicyclic) bond motifs is 5. The van der Waals surface area contributed by atoms with Crippen LogP contribution in [0.2, 0.25) is 0 Å². The van der Waals surface area contributed by atoms with Gasteiger partial charge in [0.05, 0.1) is 6.10 Å². The van der Waals surface area contributed by atoms with Crippen LogP contribution in [0.4, 0.5) is 0 Å². The second-order valence-corrected chi connectivity index (χ2v) is 13.9. The first-order chi connectivity index (χ1) is 15.8. The number of aliphatic hydroxyl groups is 2. The molecule has 1 spiro atoms. The standard InChI is InChI=1S/C30H40O4/c1-14(2)17-20-18-19(26(34)30(20)12-11-29(15(3)4)13-16(29)30)23(32)25-27(5,6)9-8-10-28(25,7)21(18)24(33)22(17)31/h14-16,25-26,33-34H,8-13H2,1-7H3. The highest BCUT2D eigenvalue weighted by atomic mass is 16.3. The first kappa shape index (κ1) is 22.8. The van der Waals surface area contributed by atoms with Crippen LogP contribution in [0.3, 0.4) is 0 Å². The molecule has 0 aromatic rings. The molecule has 3 fully saturated rings. The molecule has 3 saturated carbocycles. The molecule has 2 N–H and O–H groups in total. The maximum absolute atomic E-state index is 14.4. The highest BCUT2D eigenvalue weighted by molar-refractivity contribution is 6.15. The van der Waals surface area contributed by atoms with Gasteiger partial charge in [0.1, 0.15) is 0 Å². The Morgan fingerprint density at radius 3 is 2.18 bits per heavy atom. The van der Waals surface area contributed by atoms with Gasteiger partial charge in [-0.2, -0.15) is 0 Å². The quantitative estimate of drug-likeness (QED) is 0.536. The summed E-state index contributed by atoms with van der Waals surface area (Å²) in [6.45, 7) is 15.0. The van der Waals surface area contributed by atoms with Crippen molar-refractivity contribution in [3.63, 3.8) is 0 Å². The van der Waals surface area contributed by atoms with Gasteiger partial charge < -0.3 is 10.2 Å². The number of carbonyl (C=O) groups is 2. The molecule has 0 bridgehead atoms. The van der Waals surface area contributed by atoms with Gasteiger partial charge in [0.2, 0.25) is 5.78 Å². The van der Waals surface area contributed by atoms with Crippen molar-refractivity contribution in [2.45, 2.75) is 93.1 Å². The number of hydrogen-bond acceptors (Lipinski definition) is 4. The Balaban J connectivity index is 1.68. The van der Waals surface area contributed by atoms with Crippen molar-refractivity contribution in [1.82, 2.24) is 0 Å². The molecule has 184 valence electrons. The van der Waals surface area contributed by atoms with E-state index in [4.69, 9.17) is 0 Å². The van der Waals surface area contributed by atoms with Crippen LogP contribution in [0.25, 0.3) is 0 Å². The first-order valence-corrected chi connectivity index (χ1v) is 13.5. The van der Waals surface area contributed by atoms with E-state index in [-0.39, 0.29) is 45.9 Å². The number of hydrogen-bond donors (Lipinski definition) is 2. The van der Waals surface area contributed by atoms with Crippen molar-refractivity contribution in [2.75, 3.05) is 0 Å². The summed E-state index contributed by atoms with van der Waals surface area (Å²) in [5, 5.41) is 23.7. The highest BCUT2D eigenvalue weighted by Crippen LogP contribution is 2.81. The van der Waals surface area contributed by atoms with Gasteiger partial charge >= 0.3 is 0 Å². The fourth-order valence-corrected chi connectivity index (χ4v) is 9.97. The predicted octanol–water partition coefficient (Wildman–Crippen LogP) is 5.86. The summed E-state index contributed by atoms with van der Waals surface area (Å²) in [4.78, 5) is 28.3. The molecule has 6 rings (SSSR count). The van der Waals surface area contributed by atoms with Crippen LogP contribution >= 0.6 is 0 Å². The zero-order valence-electron chi connectivity index (χ0n) is 21.8. The Morgan fingerprint density at radius 2 is 1.62 bits per heavy atom. The molecule has 0 aliphatic heterocycles. The zero-order valence-corrected chi connectivity index (χ0v) is 21.8. The maximum atomic E-state index is 14.4. The molecule has 6 aliphatic carbocycles. The third-order valence-electron chi connectivity index (χ3n) is 11.5. The van der Waals surface area contributed by atoms with Gasteiger partial charge in [0.25, 0.3) is 0 Å². The molecular formula is C30H40O4. The van der Waals surface area contributed by atoms with Gasteiger partial charge in [-0.15, -0.1) is 0 Å². The molecular weight excluding hydrogens is 424 g/mol. The van der Waals surface area contributed by atoms with Crippen LogP contribution in [0, 0.1) is 45.3 Å². The lowest BCUT2D eigenvalue weighted by atomic mass is 9.48. The van der Waals surface area contributed by atoms with Crippen molar-refractivity contribution in [1.29, 1.82) is 0 Å². The number of Topliss-reactive ketones (excluding diaryl/α,β-unsaturated/α-hetero) is 2. The van der Waals surface area contributed by atoms with E-state index in [1.165, 1.54) is 0 Å². The van der Waals surface area contributed by atoms with Crippen LogP contribution in [0.5, 0.6) is 0 Å². The number of ketones is 2. The monoisotopic (exact) mass is 464 g/mol. The molecule has 6 aliphatic rings. The second-order valence-electron chi connectivity index (χ2n) is 13.9. The molecule has 6 atom stereocenters. The van der Waals surface area contributed by atoms with Gasteiger partial charge in [0, 0.05) is 33.5 Å². The van der Waals surface area contributed by atoms with Crippen LogP contribution in [-0.4, -0.2) is 27.9 Å². The Labute approximate surface area is 203 Å². The molecule has 0 radical (unpaired) electrons. The van der Waals surface area contributed by atoms with E-state index in [0.29, 0.717) is 22.6 Å². The number of carbonyl (C=O) groups excluding carboxylic acids is 2. The van der Waals surface area contributed by atoms with E-state index in [1.807, 2.05) is 13.8 Å². The van der Waals surface area contributed by atoms with Gasteiger partial charge in [0.15, 0.2) is 11.5 Å². The Hall–Kier alpha value is -1.68. The Morgan fingerprint density at radius 1 is 0.941 bits per heavy atom. The molecule has 0 amide bonds. The van der Waals surface area contributed by atoms with Crippen LogP contribution in [-0.2, 0) is 9.59 Å². The molecule has 34 heavy (non-hydrogen) atoms. The summed E-state index contributed by atoms with van der Waals surface area (Å²) in [5.41, 5.74) is 2.35. The SMILES string of the molecule is CC(C)C1=C2C3=C(C(=O)C4C(C)(C)CCCC4(C)C3=C(O)C1=O)C(O)C21CCC2(C(C)C)CC21. The van der Waals surface area contributed by atoms with E-state index < -0.39 is 16.9 Å². The summed E-state index contributed by atoms with van der Waals surface area (Å²) in [7, 11) is 0. The van der Waals surface area contributed by atoms with Crippen LogP contribution in [0.15, 0.2) is 33.6 Å². The fourth-order valence-electron chi connectivity index (χ4n) is 9.97. The van der Waals surface area contributed by atoms with Crippen molar-refractivity contribution in [3.05, 3.63) is 33.6 Å². The number of aliphatic hydroxyl groups excluding tert-OH is 2. The van der Waals surface area contributed by atoms with Crippen LogP contribution < -0.4 is 0 Å². The predicted molar refractivity (Wildman–Crippen MR) is 131 cm³/mol. The minimum absolute atomic E-state index is 0.0702. The van der Waals surface area contributed by atoms with Gasteiger partial charge in [-0.1, -0.05) is 54.9 Å². The molecule has 4 nitrogen and oxygen atoms in total. The third-order valence-corrected chi connectivity index (χ3v) is 11.5. The second kappa shape index (κ2) is 6.35. The summed E-state index contributed by atoms with van der Waals surface area (Å²) in [6.07, 6.45) is 4.69. The van der Waals surface area contributed by atoms with E-state index >= 15 is 0 Å². The average molecular weight is 465 g/mol. The van der Waals surface area contributed by atoms with Gasteiger partial charge in [-0.25, -0.2) is 0 Å². The minimum Gasteiger partial charge on any atom is -0.504 e.